The molecule has 6 heteroatoms. The van der Waals surface area contributed by atoms with Gasteiger partial charge < -0.3 is 0 Å². The molecule has 86 valence electrons. The van der Waals surface area contributed by atoms with Gasteiger partial charge in [0.25, 0.3) is 0 Å². The van der Waals surface area contributed by atoms with Crippen LogP contribution in [0.15, 0.2) is 23.1 Å². The fourth-order valence-corrected chi connectivity index (χ4v) is 3.47. The van der Waals surface area contributed by atoms with Crippen LogP contribution in [0.2, 0.25) is 0 Å². The van der Waals surface area contributed by atoms with Crippen LogP contribution < -0.4 is 4.72 Å². The quantitative estimate of drug-likeness (QED) is 0.912. The van der Waals surface area contributed by atoms with Crippen LogP contribution in [-0.2, 0) is 10.0 Å². The van der Waals surface area contributed by atoms with Gasteiger partial charge in [-0.2, -0.15) is 0 Å². The van der Waals surface area contributed by atoms with Gasteiger partial charge in [0.1, 0.15) is 0 Å². The number of benzene rings is 1. The lowest BCUT2D eigenvalue weighted by molar-refractivity contribution is 0.584. The summed E-state index contributed by atoms with van der Waals surface area (Å²) < 4.78 is 26.9. The van der Waals surface area contributed by atoms with E-state index in [2.05, 4.69) is 9.71 Å². The SMILES string of the molecule is CCNS(=O)(=O)c1ccc2nc(C)sc2c1. The van der Waals surface area contributed by atoms with Crippen molar-refractivity contribution < 1.29 is 8.42 Å². The highest BCUT2D eigenvalue weighted by molar-refractivity contribution is 7.89. The molecular weight excluding hydrogens is 244 g/mol. The van der Waals surface area contributed by atoms with Gasteiger partial charge >= 0.3 is 0 Å². The lowest BCUT2D eigenvalue weighted by atomic mass is 10.3. The van der Waals surface area contributed by atoms with Crippen LogP contribution in [-0.4, -0.2) is 19.9 Å². The summed E-state index contributed by atoms with van der Waals surface area (Å²) in [6.45, 7) is 4.05. The number of aromatic nitrogens is 1. The molecule has 0 bridgehead atoms. The van der Waals surface area contributed by atoms with Gasteiger partial charge in [-0.3, -0.25) is 0 Å². The molecule has 2 aromatic rings. The summed E-state index contributed by atoms with van der Waals surface area (Å²) in [5.74, 6) is 0. The molecule has 0 unspecified atom stereocenters. The molecule has 0 spiro atoms. The molecule has 0 saturated carbocycles. The van der Waals surface area contributed by atoms with Gasteiger partial charge in [0.2, 0.25) is 10.0 Å². The largest absolute Gasteiger partial charge is 0.242 e. The average Bonchev–Trinajstić information content (AvgIpc) is 2.56. The maximum absolute atomic E-state index is 11.8. The Morgan fingerprint density at radius 3 is 2.88 bits per heavy atom. The van der Waals surface area contributed by atoms with Crippen molar-refractivity contribution in [2.24, 2.45) is 0 Å². The van der Waals surface area contributed by atoms with Crippen molar-refractivity contribution in [1.82, 2.24) is 9.71 Å². The molecule has 2 rings (SSSR count). The third kappa shape index (κ3) is 2.09. The fourth-order valence-electron chi connectivity index (χ4n) is 1.46. The zero-order valence-electron chi connectivity index (χ0n) is 9.02. The Bertz CT molecular complexity index is 617. The second-order valence-corrected chi connectivity index (χ2v) is 6.37. The van der Waals surface area contributed by atoms with Crippen LogP contribution in [0.25, 0.3) is 10.2 Å². The van der Waals surface area contributed by atoms with Crippen molar-refractivity contribution in [2.75, 3.05) is 6.54 Å². The minimum atomic E-state index is -3.36. The highest BCUT2D eigenvalue weighted by Gasteiger charge is 2.13. The minimum Gasteiger partial charge on any atom is -0.242 e. The van der Waals surface area contributed by atoms with Gasteiger partial charge in [-0.1, -0.05) is 6.92 Å². The molecular formula is C10H12N2O2S2. The van der Waals surface area contributed by atoms with Gasteiger partial charge in [0.05, 0.1) is 20.1 Å². The van der Waals surface area contributed by atoms with Crippen LogP contribution in [0.5, 0.6) is 0 Å². The number of thiazole rings is 1. The van der Waals surface area contributed by atoms with Crippen molar-refractivity contribution in [3.63, 3.8) is 0 Å². The Balaban J connectivity index is 2.54. The molecule has 0 radical (unpaired) electrons. The van der Waals surface area contributed by atoms with Gasteiger partial charge in [-0.25, -0.2) is 18.1 Å². The van der Waals surface area contributed by atoms with Crippen molar-refractivity contribution in [1.29, 1.82) is 0 Å². The van der Waals surface area contributed by atoms with E-state index in [1.165, 1.54) is 11.3 Å². The summed E-state index contributed by atoms with van der Waals surface area (Å²) in [4.78, 5) is 4.58. The van der Waals surface area contributed by atoms with E-state index in [1.54, 1.807) is 25.1 Å². The van der Waals surface area contributed by atoms with Crippen molar-refractivity contribution in [3.8, 4) is 0 Å². The molecule has 1 aromatic heterocycles. The second-order valence-electron chi connectivity index (χ2n) is 3.36. The smallest absolute Gasteiger partial charge is 0.240 e. The summed E-state index contributed by atoms with van der Waals surface area (Å²) in [5.41, 5.74) is 0.845. The number of hydrogen-bond donors (Lipinski definition) is 1. The molecule has 0 fully saturated rings. The Morgan fingerprint density at radius 2 is 2.19 bits per heavy atom. The molecule has 0 aliphatic rings. The molecule has 0 aliphatic carbocycles. The summed E-state index contributed by atoms with van der Waals surface area (Å²) in [7, 11) is -3.36. The standard InChI is InChI=1S/C10H12N2O2S2/c1-3-11-16(13,14)8-4-5-9-10(6-8)15-7(2)12-9/h4-6,11H,3H2,1-2H3. The lowest BCUT2D eigenvalue weighted by Crippen LogP contribution is -2.22. The van der Waals surface area contributed by atoms with Crippen LogP contribution in [0, 0.1) is 6.92 Å². The number of nitrogens with zero attached hydrogens (tertiary/aromatic N) is 1. The van der Waals surface area contributed by atoms with Crippen molar-refractivity contribution in [2.45, 2.75) is 18.7 Å². The topological polar surface area (TPSA) is 59.1 Å². The van der Waals surface area contributed by atoms with E-state index in [0.717, 1.165) is 15.2 Å². The molecule has 0 atom stereocenters. The first-order valence-electron chi connectivity index (χ1n) is 4.90. The monoisotopic (exact) mass is 256 g/mol. The lowest BCUT2D eigenvalue weighted by Gasteiger charge is -2.03. The first kappa shape index (κ1) is 11.5. The van der Waals surface area contributed by atoms with Gasteiger partial charge in [-0.05, 0) is 25.1 Å². The van der Waals surface area contributed by atoms with Crippen LogP contribution in [0.3, 0.4) is 0 Å². The van der Waals surface area contributed by atoms with E-state index >= 15 is 0 Å². The maximum Gasteiger partial charge on any atom is 0.240 e. The molecule has 0 saturated heterocycles. The number of aryl methyl sites for hydroxylation is 1. The Kier molecular flexibility index (Phi) is 2.96. The normalized spacial score (nSPS) is 12.1. The Morgan fingerprint density at radius 1 is 1.44 bits per heavy atom. The van der Waals surface area contributed by atoms with E-state index < -0.39 is 10.0 Å². The second kappa shape index (κ2) is 4.12. The fraction of sp³-hybridized carbons (Fsp3) is 0.300. The van der Waals surface area contributed by atoms with Crippen molar-refractivity contribution >= 4 is 31.6 Å². The van der Waals surface area contributed by atoms with E-state index in [0.29, 0.717) is 11.4 Å². The van der Waals surface area contributed by atoms with E-state index in [-0.39, 0.29) is 0 Å². The van der Waals surface area contributed by atoms with Crippen LogP contribution >= 0.6 is 11.3 Å². The zero-order chi connectivity index (χ0) is 11.8. The average molecular weight is 256 g/mol. The summed E-state index contributed by atoms with van der Waals surface area (Å²) in [6, 6.07) is 4.99. The third-order valence-electron chi connectivity index (χ3n) is 2.11. The van der Waals surface area contributed by atoms with Gasteiger partial charge in [0, 0.05) is 6.54 Å². The van der Waals surface area contributed by atoms with Crippen LogP contribution in [0.4, 0.5) is 0 Å². The van der Waals surface area contributed by atoms with Gasteiger partial charge in [0.15, 0.2) is 0 Å². The number of fused-ring (bicyclic) bond motifs is 1. The molecule has 0 amide bonds. The third-order valence-corrected chi connectivity index (χ3v) is 4.59. The van der Waals surface area contributed by atoms with Gasteiger partial charge in [-0.15, -0.1) is 11.3 Å². The number of hydrogen-bond acceptors (Lipinski definition) is 4. The molecule has 4 nitrogen and oxygen atoms in total. The van der Waals surface area contributed by atoms with E-state index in [9.17, 15) is 8.42 Å². The minimum absolute atomic E-state index is 0.297. The van der Waals surface area contributed by atoms with E-state index in [4.69, 9.17) is 0 Å². The zero-order valence-corrected chi connectivity index (χ0v) is 10.7. The first-order valence-corrected chi connectivity index (χ1v) is 7.20. The highest BCUT2D eigenvalue weighted by Crippen LogP contribution is 2.24. The number of sulfonamides is 1. The molecule has 1 N–H and O–H groups in total. The molecule has 1 aromatic carbocycles. The first-order chi connectivity index (χ1) is 7.53. The Labute approximate surface area is 98.4 Å². The maximum atomic E-state index is 11.8. The highest BCUT2D eigenvalue weighted by atomic mass is 32.2. The summed E-state index contributed by atoms with van der Waals surface area (Å²) in [5, 5.41) is 0.938. The predicted molar refractivity (Wildman–Crippen MR) is 65.2 cm³/mol. The predicted octanol–water partition coefficient (Wildman–Crippen LogP) is 1.90. The van der Waals surface area contributed by atoms with Crippen molar-refractivity contribution in [3.05, 3.63) is 23.2 Å². The molecule has 1 heterocycles. The Hall–Kier alpha value is -0.980. The molecule has 16 heavy (non-hydrogen) atoms. The number of nitrogens with one attached hydrogen (secondary N) is 1. The van der Waals surface area contributed by atoms with Crippen LogP contribution in [0.1, 0.15) is 11.9 Å². The number of rotatable bonds is 3. The summed E-state index contributed by atoms with van der Waals surface area (Å²) >= 11 is 1.50. The summed E-state index contributed by atoms with van der Waals surface area (Å²) in [6.07, 6.45) is 0. The molecule has 0 aliphatic heterocycles. The van der Waals surface area contributed by atoms with E-state index in [1.807, 2.05) is 6.92 Å².